The molecule has 11 heteroatoms. The number of amides is 1. The third kappa shape index (κ3) is 7.66. The highest BCUT2D eigenvalue weighted by atomic mass is 28.3. The lowest BCUT2D eigenvalue weighted by Gasteiger charge is -2.34. The van der Waals surface area contributed by atoms with Crippen LogP contribution in [0.25, 0.3) is 27.0 Å². The van der Waals surface area contributed by atoms with E-state index in [0.717, 1.165) is 30.0 Å². The largest absolute Gasteiger partial charge is 0.444 e. The molecule has 3 aromatic rings. The fourth-order valence-corrected chi connectivity index (χ4v) is 5.75. The van der Waals surface area contributed by atoms with Crippen LogP contribution in [0.4, 0.5) is 20.8 Å². The Hall–Kier alpha value is -3.49. The van der Waals surface area contributed by atoms with Crippen molar-refractivity contribution in [3.63, 3.8) is 0 Å². The number of hydrogen-bond donors (Lipinski definition) is 1. The van der Waals surface area contributed by atoms with Crippen LogP contribution in [0.5, 0.6) is 0 Å². The van der Waals surface area contributed by atoms with Crippen LogP contribution in [0, 0.1) is 12.4 Å². The molecular formula is C31H43FN6O3Si. The van der Waals surface area contributed by atoms with E-state index in [0.29, 0.717) is 48.7 Å². The first-order chi connectivity index (χ1) is 19.8. The van der Waals surface area contributed by atoms with Crippen molar-refractivity contribution in [1.29, 1.82) is 0 Å². The summed E-state index contributed by atoms with van der Waals surface area (Å²) in [7, 11) is -1.28. The number of aryl methyl sites for hydroxylation is 1. The quantitative estimate of drug-likeness (QED) is 0.157. The Balaban J connectivity index is 1.64. The molecule has 1 N–H and O–H groups in total. The van der Waals surface area contributed by atoms with Gasteiger partial charge in [-0.15, -0.1) is 0 Å². The van der Waals surface area contributed by atoms with Gasteiger partial charge in [-0.05, 0) is 51.6 Å². The van der Waals surface area contributed by atoms with Gasteiger partial charge in [0, 0.05) is 57.2 Å². The number of nitrogens with zero attached hydrogens (tertiary/aromatic N) is 5. The minimum absolute atomic E-state index is 0.0249. The summed E-state index contributed by atoms with van der Waals surface area (Å²) in [6, 6.07) is 4.27. The lowest BCUT2D eigenvalue weighted by molar-refractivity contribution is 0.0206. The highest BCUT2D eigenvalue weighted by molar-refractivity contribution is 6.76. The summed E-state index contributed by atoms with van der Waals surface area (Å²) in [5, 5.41) is 4.09. The molecule has 9 nitrogen and oxygen atoms in total. The standard InChI is InChI=1S/C31H43FN6O3Si/c1-9-21-17-34-29(35-22-11-10-14-37(18-22)30(39)41-31(2,3)4)36-27(21)24-19-38(20-40-15-16-42(6,7)8)28-23(24)12-13-25(33-5)26(28)32/h12-13,17,19,22H,9-11,14-16,18,20H2,1-4,6-8H3,(H,34,35,36)/t22-/m0/s1. The van der Waals surface area contributed by atoms with Gasteiger partial charge in [0.15, 0.2) is 5.82 Å². The number of ether oxygens (including phenoxy) is 2. The summed E-state index contributed by atoms with van der Waals surface area (Å²) < 4.78 is 28.9. The zero-order chi connectivity index (χ0) is 30.7. The lowest BCUT2D eigenvalue weighted by Crippen LogP contribution is -2.47. The highest BCUT2D eigenvalue weighted by Crippen LogP contribution is 2.37. The molecule has 2 aromatic heterocycles. The monoisotopic (exact) mass is 594 g/mol. The first-order valence-electron chi connectivity index (χ1n) is 14.7. The van der Waals surface area contributed by atoms with Gasteiger partial charge in [-0.2, -0.15) is 0 Å². The van der Waals surface area contributed by atoms with Crippen LogP contribution < -0.4 is 5.32 Å². The summed E-state index contributed by atoms with van der Waals surface area (Å²) in [5.41, 5.74) is 2.14. The molecule has 1 fully saturated rings. The molecule has 0 radical (unpaired) electrons. The third-order valence-corrected chi connectivity index (χ3v) is 8.92. The summed E-state index contributed by atoms with van der Waals surface area (Å²) in [6.45, 7) is 23.8. The van der Waals surface area contributed by atoms with Gasteiger partial charge in [0.1, 0.15) is 12.3 Å². The fourth-order valence-electron chi connectivity index (χ4n) is 5.00. The molecule has 0 saturated carbocycles. The molecule has 1 aliphatic heterocycles. The van der Waals surface area contributed by atoms with E-state index in [1.54, 1.807) is 21.7 Å². The Morgan fingerprint density at radius 1 is 1.29 bits per heavy atom. The maximum absolute atomic E-state index is 15.6. The summed E-state index contributed by atoms with van der Waals surface area (Å²) in [6.07, 6.45) is 5.74. The van der Waals surface area contributed by atoms with E-state index >= 15 is 4.39 Å². The van der Waals surface area contributed by atoms with Gasteiger partial charge in [-0.25, -0.2) is 24.0 Å². The molecule has 1 aliphatic rings. The van der Waals surface area contributed by atoms with Crippen LogP contribution in [-0.4, -0.2) is 64.9 Å². The van der Waals surface area contributed by atoms with Crippen LogP contribution in [-0.2, 0) is 22.6 Å². The minimum Gasteiger partial charge on any atom is -0.444 e. The van der Waals surface area contributed by atoms with Gasteiger partial charge < -0.3 is 24.3 Å². The van der Waals surface area contributed by atoms with Gasteiger partial charge in [0.05, 0.1) is 17.8 Å². The van der Waals surface area contributed by atoms with Crippen molar-refractivity contribution in [2.24, 2.45) is 0 Å². The van der Waals surface area contributed by atoms with E-state index in [1.165, 1.54) is 6.07 Å². The molecule has 226 valence electrons. The van der Waals surface area contributed by atoms with Crippen molar-refractivity contribution in [3.05, 3.63) is 47.3 Å². The SMILES string of the molecule is [C-]#[N+]c1ccc2c(-c3nc(N[C@H]4CCCN(C(=O)OC(C)(C)C)C4)ncc3CC)cn(COCC[Si](C)(C)C)c2c1F. The number of likely N-dealkylation sites (tertiary alicyclic amines) is 1. The summed E-state index contributed by atoms with van der Waals surface area (Å²) in [5.74, 6) is -0.110. The van der Waals surface area contributed by atoms with Crippen LogP contribution in [0.15, 0.2) is 24.5 Å². The van der Waals surface area contributed by atoms with Crippen molar-refractivity contribution in [2.75, 3.05) is 25.0 Å². The van der Waals surface area contributed by atoms with Crippen molar-refractivity contribution >= 4 is 36.7 Å². The van der Waals surface area contributed by atoms with E-state index in [1.807, 2.05) is 33.9 Å². The molecule has 4 rings (SSSR count). The maximum Gasteiger partial charge on any atom is 0.410 e. The first kappa shape index (κ1) is 31.4. The van der Waals surface area contributed by atoms with Crippen LogP contribution in [0.1, 0.15) is 46.1 Å². The van der Waals surface area contributed by atoms with E-state index in [4.69, 9.17) is 21.0 Å². The number of piperidine rings is 1. The van der Waals surface area contributed by atoms with E-state index < -0.39 is 19.5 Å². The zero-order valence-electron chi connectivity index (χ0n) is 25.9. The normalized spacial score (nSPS) is 16.0. The van der Waals surface area contributed by atoms with E-state index in [2.05, 4.69) is 34.8 Å². The average molecular weight is 595 g/mol. The fraction of sp³-hybridized carbons (Fsp3) is 0.548. The Bertz CT molecular complexity index is 1470. The number of aromatic nitrogens is 3. The maximum atomic E-state index is 15.6. The number of fused-ring (bicyclic) bond motifs is 1. The molecule has 1 saturated heterocycles. The Kier molecular flexibility index (Phi) is 9.58. The van der Waals surface area contributed by atoms with Gasteiger partial charge in [0.2, 0.25) is 11.6 Å². The predicted octanol–water partition coefficient (Wildman–Crippen LogP) is 7.47. The number of anilines is 1. The number of rotatable bonds is 9. The summed E-state index contributed by atoms with van der Waals surface area (Å²) in [4.78, 5) is 27.3. The molecule has 42 heavy (non-hydrogen) atoms. The average Bonchev–Trinajstić information content (AvgIpc) is 3.29. The molecule has 0 unspecified atom stereocenters. The highest BCUT2D eigenvalue weighted by Gasteiger charge is 2.28. The number of hydrogen-bond acceptors (Lipinski definition) is 6. The second kappa shape index (κ2) is 12.8. The number of nitrogens with one attached hydrogen (secondary N) is 1. The van der Waals surface area contributed by atoms with Crippen molar-refractivity contribution in [3.8, 4) is 11.3 Å². The predicted molar refractivity (Wildman–Crippen MR) is 167 cm³/mol. The molecule has 1 aromatic carbocycles. The smallest absolute Gasteiger partial charge is 0.410 e. The van der Waals surface area contributed by atoms with Crippen molar-refractivity contribution in [1.82, 2.24) is 19.4 Å². The second-order valence-corrected chi connectivity index (χ2v) is 18.7. The Morgan fingerprint density at radius 2 is 2.05 bits per heavy atom. The van der Waals surface area contributed by atoms with Gasteiger partial charge >= 0.3 is 6.09 Å². The molecule has 0 aliphatic carbocycles. The lowest BCUT2D eigenvalue weighted by atomic mass is 10.0. The Labute approximate surface area is 249 Å². The molecular weight excluding hydrogens is 551 g/mol. The molecule has 1 amide bonds. The first-order valence-corrected chi connectivity index (χ1v) is 18.4. The molecule has 1 atom stereocenters. The summed E-state index contributed by atoms with van der Waals surface area (Å²) >= 11 is 0. The third-order valence-electron chi connectivity index (χ3n) is 7.21. The Morgan fingerprint density at radius 3 is 2.71 bits per heavy atom. The topological polar surface area (TPSA) is 85.9 Å². The number of halogens is 1. The van der Waals surface area contributed by atoms with Crippen LogP contribution >= 0.6 is 0 Å². The molecule has 0 spiro atoms. The zero-order valence-corrected chi connectivity index (χ0v) is 26.9. The van der Waals surface area contributed by atoms with Crippen molar-refractivity contribution < 1.29 is 18.7 Å². The second-order valence-electron chi connectivity index (χ2n) is 13.1. The number of carbonyl (C=O) groups is 1. The van der Waals surface area contributed by atoms with Gasteiger partial charge in [0.25, 0.3) is 0 Å². The van der Waals surface area contributed by atoms with Gasteiger partial charge in [-0.3, -0.25) is 0 Å². The molecule has 0 bridgehead atoms. The van der Waals surface area contributed by atoms with Crippen molar-refractivity contribution in [2.45, 2.75) is 91.0 Å². The number of benzene rings is 1. The van der Waals surface area contributed by atoms with Crippen LogP contribution in [0.3, 0.4) is 0 Å². The van der Waals surface area contributed by atoms with Gasteiger partial charge in [-0.1, -0.05) is 38.7 Å². The van der Waals surface area contributed by atoms with E-state index in [9.17, 15) is 4.79 Å². The minimum atomic E-state index is -1.28. The molecule has 3 heterocycles. The number of carbonyl (C=O) groups excluding carboxylic acids is 1. The van der Waals surface area contributed by atoms with E-state index in [-0.39, 0.29) is 24.6 Å². The van der Waals surface area contributed by atoms with Crippen LogP contribution in [0.2, 0.25) is 25.7 Å².